The van der Waals surface area contributed by atoms with Crippen molar-refractivity contribution in [3.05, 3.63) is 77.4 Å². The quantitative estimate of drug-likeness (QED) is 0.700. The predicted molar refractivity (Wildman–Crippen MR) is 97.0 cm³/mol. The van der Waals surface area contributed by atoms with Gasteiger partial charge in [-0.05, 0) is 29.8 Å². The Morgan fingerprint density at radius 2 is 2.00 bits per heavy atom. The van der Waals surface area contributed by atoms with Gasteiger partial charge in [0.25, 0.3) is 0 Å². The Morgan fingerprint density at radius 1 is 1.26 bits per heavy atom. The summed E-state index contributed by atoms with van der Waals surface area (Å²) < 4.78 is 25.0. The van der Waals surface area contributed by atoms with Gasteiger partial charge in [-0.1, -0.05) is 18.2 Å². The van der Waals surface area contributed by atoms with E-state index < -0.39 is 5.97 Å². The molecular weight excluding hydrogens is 349 g/mol. The van der Waals surface area contributed by atoms with Crippen LogP contribution in [0.15, 0.2) is 54.7 Å². The van der Waals surface area contributed by atoms with E-state index in [9.17, 15) is 14.4 Å². The summed E-state index contributed by atoms with van der Waals surface area (Å²) in [5.41, 5.74) is 7.61. The van der Waals surface area contributed by atoms with Crippen molar-refractivity contribution in [2.75, 3.05) is 12.8 Å². The van der Waals surface area contributed by atoms with Crippen molar-refractivity contribution in [3.63, 3.8) is 0 Å². The van der Waals surface area contributed by atoms with Gasteiger partial charge in [-0.25, -0.2) is 9.18 Å². The van der Waals surface area contributed by atoms with Crippen LogP contribution in [0.3, 0.4) is 0 Å². The summed E-state index contributed by atoms with van der Waals surface area (Å²) in [7, 11) is 1.24. The fraction of sp³-hybridized carbons (Fsp3) is 0.100. The van der Waals surface area contributed by atoms with E-state index in [4.69, 9.17) is 15.2 Å². The maximum absolute atomic E-state index is 13.0. The van der Waals surface area contributed by atoms with E-state index in [0.717, 1.165) is 5.56 Å². The van der Waals surface area contributed by atoms with Crippen molar-refractivity contribution in [2.24, 2.45) is 0 Å². The van der Waals surface area contributed by atoms with Crippen LogP contribution in [-0.2, 0) is 11.3 Å². The predicted octanol–water partition coefficient (Wildman–Crippen LogP) is 3.44. The van der Waals surface area contributed by atoms with E-state index >= 15 is 0 Å². The highest BCUT2D eigenvalue weighted by atomic mass is 19.1. The number of nitriles is 1. The monoisotopic (exact) mass is 365 g/mol. The summed E-state index contributed by atoms with van der Waals surface area (Å²) in [4.78, 5) is 12.1. The van der Waals surface area contributed by atoms with Gasteiger partial charge in [0.05, 0.1) is 18.4 Å². The molecule has 0 saturated carbocycles. The number of halogens is 1. The molecule has 0 aliphatic carbocycles. The highest BCUT2D eigenvalue weighted by Gasteiger charge is 2.21. The third-order valence-electron chi connectivity index (χ3n) is 3.96. The van der Waals surface area contributed by atoms with Crippen LogP contribution in [0.25, 0.3) is 5.69 Å². The zero-order valence-electron chi connectivity index (χ0n) is 14.5. The van der Waals surface area contributed by atoms with E-state index in [-0.39, 0.29) is 29.4 Å². The lowest BCUT2D eigenvalue weighted by Gasteiger charge is -2.11. The van der Waals surface area contributed by atoms with Crippen LogP contribution in [0.4, 0.5) is 10.1 Å². The van der Waals surface area contributed by atoms with Crippen molar-refractivity contribution in [1.82, 2.24) is 4.57 Å². The Balaban J connectivity index is 1.90. The summed E-state index contributed by atoms with van der Waals surface area (Å²) in [6, 6.07) is 14.9. The number of rotatable bonds is 5. The molecule has 27 heavy (non-hydrogen) atoms. The number of carbonyl (C=O) groups excluding carboxylic acids is 1. The number of nitrogen functional groups attached to an aromatic ring is 1. The second-order valence-electron chi connectivity index (χ2n) is 5.69. The number of hydrogen-bond donors (Lipinski definition) is 1. The molecule has 0 unspecified atom stereocenters. The number of anilines is 1. The number of nitrogens with two attached hydrogens (primary N) is 1. The Morgan fingerprint density at radius 3 is 2.67 bits per heavy atom. The summed E-state index contributed by atoms with van der Waals surface area (Å²) in [5.74, 6) is -0.417. The molecule has 2 N–H and O–H groups in total. The van der Waals surface area contributed by atoms with Gasteiger partial charge >= 0.3 is 5.97 Å². The first kappa shape index (κ1) is 18.0. The van der Waals surface area contributed by atoms with Crippen molar-refractivity contribution >= 4 is 11.7 Å². The van der Waals surface area contributed by atoms with Crippen LogP contribution in [0, 0.1) is 17.1 Å². The highest BCUT2D eigenvalue weighted by molar-refractivity contribution is 5.95. The molecule has 0 fully saturated rings. The highest BCUT2D eigenvalue weighted by Crippen LogP contribution is 2.26. The van der Waals surface area contributed by atoms with Gasteiger partial charge < -0.3 is 19.8 Å². The zero-order chi connectivity index (χ0) is 19.4. The van der Waals surface area contributed by atoms with Gasteiger partial charge in [-0.2, -0.15) is 5.26 Å². The number of nitrogens with zero attached hydrogens (tertiary/aromatic N) is 2. The molecule has 0 aliphatic rings. The Hall–Kier alpha value is -3.79. The van der Waals surface area contributed by atoms with Crippen LogP contribution >= 0.6 is 0 Å². The standard InChI is InChI=1S/C20H16FN3O3/c1-26-20(25)19-18(23)14(10-22)11-24(19)16-3-2-4-17(9-16)27-12-13-5-7-15(21)8-6-13/h2-9,11H,12,23H2,1H3. The van der Waals surface area contributed by atoms with Gasteiger partial charge in [0.2, 0.25) is 0 Å². The zero-order valence-corrected chi connectivity index (χ0v) is 14.5. The first-order valence-electron chi connectivity index (χ1n) is 8.00. The molecule has 0 radical (unpaired) electrons. The third-order valence-corrected chi connectivity index (χ3v) is 3.96. The maximum Gasteiger partial charge on any atom is 0.357 e. The Kier molecular flexibility index (Phi) is 5.08. The van der Waals surface area contributed by atoms with Gasteiger partial charge in [0.1, 0.15) is 24.2 Å². The molecule has 0 atom stereocenters. The molecule has 1 heterocycles. The van der Waals surface area contributed by atoms with Gasteiger partial charge in [0.15, 0.2) is 5.69 Å². The number of carbonyl (C=O) groups is 1. The second kappa shape index (κ2) is 7.62. The average Bonchev–Trinajstić information content (AvgIpc) is 3.03. The molecule has 0 bridgehead atoms. The molecule has 7 heteroatoms. The van der Waals surface area contributed by atoms with Crippen LogP contribution in [0.5, 0.6) is 5.75 Å². The number of benzene rings is 2. The smallest absolute Gasteiger partial charge is 0.357 e. The van der Waals surface area contributed by atoms with Crippen molar-refractivity contribution < 1.29 is 18.7 Å². The van der Waals surface area contributed by atoms with Crippen molar-refractivity contribution in [1.29, 1.82) is 5.26 Å². The van der Waals surface area contributed by atoms with Crippen molar-refractivity contribution in [2.45, 2.75) is 6.61 Å². The van der Waals surface area contributed by atoms with E-state index in [0.29, 0.717) is 11.4 Å². The lowest BCUT2D eigenvalue weighted by molar-refractivity contribution is 0.0593. The first-order valence-corrected chi connectivity index (χ1v) is 8.00. The van der Waals surface area contributed by atoms with Crippen molar-refractivity contribution in [3.8, 4) is 17.5 Å². The molecular formula is C20H16FN3O3. The van der Waals surface area contributed by atoms with Gasteiger partial charge in [-0.3, -0.25) is 0 Å². The number of methoxy groups -OCH3 is 1. The molecule has 0 amide bonds. The summed E-state index contributed by atoms with van der Waals surface area (Å²) in [5, 5.41) is 9.20. The van der Waals surface area contributed by atoms with E-state index in [1.54, 1.807) is 36.4 Å². The Bertz CT molecular complexity index is 1020. The largest absolute Gasteiger partial charge is 0.489 e. The van der Waals surface area contributed by atoms with E-state index in [1.807, 2.05) is 6.07 Å². The normalized spacial score (nSPS) is 10.3. The molecule has 3 rings (SSSR count). The summed E-state index contributed by atoms with van der Waals surface area (Å²) in [6.45, 7) is 0.255. The van der Waals surface area contributed by atoms with Gasteiger partial charge in [0, 0.05) is 18.0 Å². The number of ether oxygens (including phenoxy) is 2. The molecule has 3 aromatic rings. The first-order chi connectivity index (χ1) is 13.0. The number of aromatic nitrogens is 1. The molecule has 136 valence electrons. The van der Waals surface area contributed by atoms with E-state index in [1.165, 1.54) is 30.0 Å². The van der Waals surface area contributed by atoms with Gasteiger partial charge in [-0.15, -0.1) is 0 Å². The fourth-order valence-corrected chi connectivity index (χ4v) is 2.59. The van der Waals surface area contributed by atoms with Crippen LogP contribution in [0.2, 0.25) is 0 Å². The average molecular weight is 365 g/mol. The van der Waals surface area contributed by atoms with Crippen LogP contribution in [-0.4, -0.2) is 17.6 Å². The number of esters is 1. The second-order valence-corrected chi connectivity index (χ2v) is 5.69. The Labute approximate surface area is 155 Å². The molecule has 0 spiro atoms. The maximum atomic E-state index is 13.0. The number of hydrogen-bond acceptors (Lipinski definition) is 5. The lowest BCUT2D eigenvalue weighted by Crippen LogP contribution is -2.11. The minimum absolute atomic E-state index is 0.0574. The third kappa shape index (κ3) is 3.75. The topological polar surface area (TPSA) is 90.3 Å². The molecule has 6 nitrogen and oxygen atoms in total. The molecule has 1 aromatic heterocycles. The fourth-order valence-electron chi connectivity index (χ4n) is 2.59. The van der Waals surface area contributed by atoms with E-state index in [2.05, 4.69) is 0 Å². The van der Waals surface area contributed by atoms with Crippen LogP contribution < -0.4 is 10.5 Å². The summed E-state index contributed by atoms with van der Waals surface area (Å²) in [6.07, 6.45) is 1.47. The minimum atomic E-state index is -0.647. The molecule has 0 aliphatic heterocycles. The molecule has 2 aromatic carbocycles. The van der Waals surface area contributed by atoms with Crippen LogP contribution in [0.1, 0.15) is 21.6 Å². The SMILES string of the molecule is COC(=O)c1c(N)c(C#N)cn1-c1cccc(OCc2ccc(F)cc2)c1. The minimum Gasteiger partial charge on any atom is -0.489 e. The molecule has 0 saturated heterocycles. The lowest BCUT2D eigenvalue weighted by atomic mass is 10.2. The summed E-state index contributed by atoms with van der Waals surface area (Å²) >= 11 is 0.